The Bertz CT molecular complexity index is 512. The molecule has 1 aliphatic heterocycles. The second-order valence-corrected chi connectivity index (χ2v) is 6.49. The van der Waals surface area contributed by atoms with Crippen molar-refractivity contribution in [2.24, 2.45) is 10.7 Å². The smallest absolute Gasteiger partial charge is 0.188 e. The molecule has 8 heteroatoms. The number of nitrogens with zero attached hydrogens (tertiary/aromatic N) is 2. The van der Waals surface area contributed by atoms with Crippen molar-refractivity contribution in [2.75, 3.05) is 39.4 Å². The third-order valence-electron chi connectivity index (χ3n) is 3.50. The van der Waals surface area contributed by atoms with Crippen molar-refractivity contribution in [3.8, 4) is 0 Å². The van der Waals surface area contributed by atoms with Crippen molar-refractivity contribution in [2.45, 2.75) is 13.0 Å². The maximum atomic E-state index is 6.15. The van der Waals surface area contributed by atoms with Gasteiger partial charge in [0.05, 0.1) is 19.8 Å². The molecule has 3 N–H and O–H groups in total. The molecule has 1 aromatic rings. The molecule has 1 saturated heterocycles. The second kappa shape index (κ2) is 11.5. The molecule has 0 unspecified atom stereocenters. The molecular weight excluding hydrogens is 494 g/mol. The third kappa shape index (κ3) is 8.02. The largest absolute Gasteiger partial charge is 0.379 e. The van der Waals surface area contributed by atoms with Crippen LogP contribution in [0.4, 0.5) is 0 Å². The highest BCUT2D eigenvalue weighted by Crippen LogP contribution is 2.21. The topological polar surface area (TPSA) is 62.9 Å². The molecule has 0 aliphatic carbocycles. The van der Waals surface area contributed by atoms with Crippen molar-refractivity contribution in [1.82, 2.24) is 10.2 Å². The van der Waals surface area contributed by atoms with Crippen LogP contribution in [0.25, 0.3) is 0 Å². The first-order valence-electron chi connectivity index (χ1n) is 7.43. The van der Waals surface area contributed by atoms with Crippen LogP contribution < -0.4 is 11.1 Å². The van der Waals surface area contributed by atoms with Gasteiger partial charge in [0.1, 0.15) is 0 Å². The number of ether oxygens (including phenoxy) is 1. The van der Waals surface area contributed by atoms with Crippen molar-refractivity contribution in [3.05, 3.63) is 33.3 Å². The number of hydrogen-bond acceptors (Lipinski definition) is 3. The molecule has 0 saturated carbocycles. The molecule has 1 aromatic carbocycles. The van der Waals surface area contributed by atoms with Crippen LogP contribution in [0.1, 0.15) is 12.0 Å². The lowest BCUT2D eigenvalue weighted by Gasteiger charge is -2.26. The molecule has 0 amide bonds. The molecule has 0 radical (unpaired) electrons. The number of morpholine rings is 1. The van der Waals surface area contributed by atoms with Gasteiger partial charge in [-0.2, -0.15) is 0 Å². The van der Waals surface area contributed by atoms with Gasteiger partial charge in [-0.05, 0) is 30.7 Å². The van der Waals surface area contributed by atoms with E-state index in [1.54, 1.807) is 0 Å². The fourth-order valence-corrected chi connectivity index (χ4v) is 2.95. The zero-order valence-electron chi connectivity index (χ0n) is 12.9. The zero-order valence-corrected chi connectivity index (χ0v) is 17.6. The predicted octanol–water partition coefficient (Wildman–Crippen LogP) is 2.85. The highest BCUT2D eigenvalue weighted by atomic mass is 127. The molecular formula is C15H23BrClIN4O. The molecule has 130 valence electrons. The van der Waals surface area contributed by atoms with Crippen LogP contribution in [0, 0.1) is 0 Å². The van der Waals surface area contributed by atoms with E-state index in [2.05, 4.69) is 31.1 Å². The van der Waals surface area contributed by atoms with Crippen LogP contribution in [0.15, 0.2) is 27.7 Å². The number of hydrogen-bond donors (Lipinski definition) is 2. The first-order chi connectivity index (χ1) is 10.6. The van der Waals surface area contributed by atoms with E-state index in [4.69, 9.17) is 22.1 Å². The number of guanidine groups is 1. The molecule has 1 aliphatic rings. The maximum absolute atomic E-state index is 6.15. The third-order valence-corrected chi connectivity index (χ3v) is 4.34. The molecule has 0 aromatic heterocycles. The van der Waals surface area contributed by atoms with E-state index in [0.29, 0.717) is 17.5 Å². The summed E-state index contributed by atoms with van der Waals surface area (Å²) in [4.78, 5) is 6.72. The monoisotopic (exact) mass is 516 g/mol. The Balaban J connectivity index is 0.00000264. The molecule has 1 fully saturated rings. The standard InChI is InChI=1S/C15H22BrClN4O.HI/c16-13-3-2-12(14(17)10-13)11-20-15(18)19-4-1-5-21-6-8-22-9-7-21;/h2-3,10H,1,4-9,11H2,(H3,18,19,20);1H. The molecule has 2 rings (SSSR count). The number of rotatable bonds is 6. The van der Waals surface area contributed by atoms with Gasteiger partial charge in [0.25, 0.3) is 0 Å². The Morgan fingerprint density at radius 1 is 1.39 bits per heavy atom. The van der Waals surface area contributed by atoms with Gasteiger partial charge in [-0.1, -0.05) is 33.6 Å². The Hall–Kier alpha value is -0.0900. The average molecular weight is 518 g/mol. The van der Waals surface area contributed by atoms with Gasteiger partial charge in [-0.25, -0.2) is 4.99 Å². The van der Waals surface area contributed by atoms with E-state index in [0.717, 1.165) is 55.8 Å². The van der Waals surface area contributed by atoms with Gasteiger partial charge < -0.3 is 15.8 Å². The lowest BCUT2D eigenvalue weighted by Crippen LogP contribution is -2.39. The minimum Gasteiger partial charge on any atom is -0.379 e. The summed E-state index contributed by atoms with van der Waals surface area (Å²) in [5, 5.41) is 3.83. The number of nitrogens with one attached hydrogen (secondary N) is 1. The van der Waals surface area contributed by atoms with Crippen LogP contribution >= 0.6 is 51.5 Å². The van der Waals surface area contributed by atoms with E-state index in [1.807, 2.05) is 18.2 Å². The van der Waals surface area contributed by atoms with Crippen LogP contribution in [0.2, 0.25) is 5.02 Å². The molecule has 0 atom stereocenters. The van der Waals surface area contributed by atoms with Crippen LogP contribution in [0.5, 0.6) is 0 Å². The lowest BCUT2D eigenvalue weighted by molar-refractivity contribution is 0.0376. The van der Waals surface area contributed by atoms with E-state index < -0.39 is 0 Å². The van der Waals surface area contributed by atoms with Crippen LogP contribution in [-0.4, -0.2) is 50.3 Å². The summed E-state index contributed by atoms with van der Waals surface area (Å²) >= 11 is 9.53. The minimum atomic E-state index is 0. The van der Waals surface area contributed by atoms with Gasteiger partial charge in [0.15, 0.2) is 5.96 Å². The van der Waals surface area contributed by atoms with Crippen LogP contribution in [0.3, 0.4) is 0 Å². The molecule has 0 bridgehead atoms. The minimum absolute atomic E-state index is 0. The average Bonchev–Trinajstić information content (AvgIpc) is 2.52. The number of halogens is 3. The summed E-state index contributed by atoms with van der Waals surface area (Å²) in [6.07, 6.45) is 1.04. The van der Waals surface area contributed by atoms with Gasteiger partial charge in [0.2, 0.25) is 0 Å². The zero-order chi connectivity index (χ0) is 15.8. The van der Waals surface area contributed by atoms with Crippen molar-refractivity contribution in [3.63, 3.8) is 0 Å². The first-order valence-corrected chi connectivity index (χ1v) is 8.60. The van der Waals surface area contributed by atoms with E-state index in [-0.39, 0.29) is 24.0 Å². The molecule has 5 nitrogen and oxygen atoms in total. The summed E-state index contributed by atoms with van der Waals surface area (Å²) in [6.45, 7) is 6.07. The maximum Gasteiger partial charge on any atom is 0.188 e. The molecule has 0 spiro atoms. The fraction of sp³-hybridized carbons (Fsp3) is 0.533. The van der Waals surface area contributed by atoms with Crippen molar-refractivity contribution < 1.29 is 4.74 Å². The van der Waals surface area contributed by atoms with Crippen molar-refractivity contribution >= 4 is 57.5 Å². The Morgan fingerprint density at radius 3 is 2.83 bits per heavy atom. The second-order valence-electron chi connectivity index (χ2n) is 5.17. The van der Waals surface area contributed by atoms with E-state index in [9.17, 15) is 0 Å². The Labute approximate surface area is 168 Å². The summed E-state index contributed by atoms with van der Waals surface area (Å²) in [5.74, 6) is 0.459. The SMILES string of the molecule is I.NC(=NCc1ccc(Br)cc1Cl)NCCCN1CCOCC1. The van der Waals surface area contributed by atoms with Gasteiger partial charge in [-0.15, -0.1) is 24.0 Å². The first kappa shape index (κ1) is 21.0. The Morgan fingerprint density at radius 2 is 2.13 bits per heavy atom. The summed E-state index contributed by atoms with van der Waals surface area (Å²) < 4.78 is 6.28. The fourth-order valence-electron chi connectivity index (χ4n) is 2.22. The summed E-state index contributed by atoms with van der Waals surface area (Å²) in [6, 6.07) is 5.75. The number of aliphatic imine (C=N–C) groups is 1. The number of nitrogens with two attached hydrogens (primary N) is 1. The highest BCUT2D eigenvalue weighted by Gasteiger charge is 2.09. The quantitative estimate of drug-likeness (QED) is 0.264. The van der Waals surface area contributed by atoms with Crippen LogP contribution in [-0.2, 0) is 11.3 Å². The summed E-state index contributed by atoms with van der Waals surface area (Å²) in [5.41, 5.74) is 6.83. The van der Waals surface area contributed by atoms with E-state index >= 15 is 0 Å². The van der Waals surface area contributed by atoms with Gasteiger partial charge >= 0.3 is 0 Å². The highest BCUT2D eigenvalue weighted by molar-refractivity contribution is 14.0. The van der Waals surface area contributed by atoms with E-state index in [1.165, 1.54) is 0 Å². The van der Waals surface area contributed by atoms with Gasteiger partial charge in [0, 0.05) is 29.1 Å². The lowest BCUT2D eigenvalue weighted by atomic mass is 10.2. The van der Waals surface area contributed by atoms with Crippen molar-refractivity contribution in [1.29, 1.82) is 0 Å². The normalized spacial score (nSPS) is 16.0. The number of benzene rings is 1. The Kier molecular flexibility index (Phi) is 10.4. The van der Waals surface area contributed by atoms with Gasteiger partial charge in [-0.3, -0.25) is 4.90 Å². The predicted molar refractivity (Wildman–Crippen MR) is 110 cm³/mol. The molecule has 1 heterocycles. The summed E-state index contributed by atoms with van der Waals surface area (Å²) in [7, 11) is 0. The molecule has 23 heavy (non-hydrogen) atoms.